The first-order valence-electron chi connectivity index (χ1n) is 8.57. The minimum absolute atomic E-state index is 0.224. The molecule has 2 aromatic rings. The second kappa shape index (κ2) is 7.17. The monoisotopic (exact) mass is 411 g/mol. The van der Waals surface area contributed by atoms with E-state index in [1.807, 2.05) is 0 Å². The summed E-state index contributed by atoms with van der Waals surface area (Å²) in [6.07, 6.45) is 2.02. The molecule has 27 heavy (non-hydrogen) atoms. The summed E-state index contributed by atoms with van der Waals surface area (Å²) in [6.45, 7) is 0.516. The van der Waals surface area contributed by atoms with E-state index in [-0.39, 0.29) is 23.6 Å². The van der Waals surface area contributed by atoms with Crippen molar-refractivity contribution < 1.29 is 22.3 Å². The van der Waals surface area contributed by atoms with Crippen molar-refractivity contribution in [3.8, 4) is 5.75 Å². The van der Waals surface area contributed by atoms with E-state index >= 15 is 0 Å². The van der Waals surface area contributed by atoms with E-state index in [9.17, 15) is 17.6 Å². The molecule has 1 aliphatic heterocycles. The number of nitrogens with zero attached hydrogens (tertiary/aromatic N) is 2. The Hall–Kier alpha value is -2.04. The van der Waals surface area contributed by atoms with E-state index in [4.69, 9.17) is 4.74 Å². The molecule has 2 heterocycles. The molecule has 2 aliphatic rings. The molecule has 1 amide bonds. The van der Waals surface area contributed by atoms with Crippen LogP contribution >= 0.6 is 11.3 Å². The predicted molar refractivity (Wildman–Crippen MR) is 98.7 cm³/mol. The molecule has 0 atom stereocenters. The SMILES string of the molecule is O=C(COc1ccc(F)cc1)Nc1nc2c(s1)CN(S(=O)(=O)C1CC1)CC2. The normalized spacial score (nSPS) is 17.4. The van der Waals surface area contributed by atoms with Crippen molar-refractivity contribution in [1.29, 1.82) is 0 Å². The van der Waals surface area contributed by atoms with Crippen molar-refractivity contribution in [3.63, 3.8) is 0 Å². The molecule has 1 aliphatic carbocycles. The Morgan fingerprint density at radius 3 is 2.78 bits per heavy atom. The number of nitrogens with one attached hydrogen (secondary N) is 1. The Balaban J connectivity index is 1.35. The first-order chi connectivity index (χ1) is 12.9. The standard InChI is InChI=1S/C17H18FN3O4S2/c18-11-1-3-12(4-2-11)25-10-16(22)20-17-19-14-7-8-21(9-15(14)26-17)27(23,24)13-5-6-13/h1-4,13H,5-10H2,(H,19,20,22). The van der Waals surface area contributed by atoms with Gasteiger partial charge in [-0.25, -0.2) is 17.8 Å². The van der Waals surface area contributed by atoms with Gasteiger partial charge in [0.25, 0.3) is 5.91 Å². The number of aromatic nitrogens is 1. The molecule has 0 radical (unpaired) electrons. The van der Waals surface area contributed by atoms with Gasteiger partial charge in [-0.15, -0.1) is 11.3 Å². The molecule has 1 aromatic heterocycles. The summed E-state index contributed by atoms with van der Waals surface area (Å²) >= 11 is 1.28. The van der Waals surface area contributed by atoms with Gasteiger partial charge in [0.1, 0.15) is 11.6 Å². The largest absolute Gasteiger partial charge is 0.484 e. The number of thiazole rings is 1. The van der Waals surface area contributed by atoms with E-state index in [2.05, 4.69) is 10.3 Å². The number of sulfonamides is 1. The highest BCUT2D eigenvalue weighted by Crippen LogP contribution is 2.35. The smallest absolute Gasteiger partial charge is 0.264 e. The van der Waals surface area contributed by atoms with Crippen LogP contribution < -0.4 is 10.1 Å². The first-order valence-corrected chi connectivity index (χ1v) is 10.9. The number of rotatable bonds is 6. The van der Waals surface area contributed by atoms with Crippen LogP contribution in [0.25, 0.3) is 0 Å². The van der Waals surface area contributed by atoms with Crippen LogP contribution in [-0.4, -0.2) is 42.0 Å². The van der Waals surface area contributed by atoms with Gasteiger partial charge in [-0.2, -0.15) is 4.31 Å². The Labute approximate surface area is 160 Å². The van der Waals surface area contributed by atoms with Crippen molar-refractivity contribution in [2.75, 3.05) is 18.5 Å². The van der Waals surface area contributed by atoms with Crippen molar-refractivity contribution in [2.24, 2.45) is 0 Å². The van der Waals surface area contributed by atoms with Crippen molar-refractivity contribution in [2.45, 2.75) is 31.1 Å². The fourth-order valence-corrected chi connectivity index (χ4v) is 5.78. The number of hydrogen-bond donors (Lipinski definition) is 1. The summed E-state index contributed by atoms with van der Waals surface area (Å²) in [4.78, 5) is 17.3. The molecule has 7 nitrogen and oxygen atoms in total. The van der Waals surface area contributed by atoms with Gasteiger partial charge in [-0.05, 0) is 37.1 Å². The van der Waals surface area contributed by atoms with Crippen LogP contribution in [-0.2, 0) is 27.8 Å². The zero-order chi connectivity index (χ0) is 19.0. The summed E-state index contributed by atoms with van der Waals surface area (Å²) in [5, 5.41) is 2.87. The molecule has 0 spiro atoms. The average molecular weight is 411 g/mol. The second-order valence-electron chi connectivity index (χ2n) is 6.51. The van der Waals surface area contributed by atoms with Crippen molar-refractivity contribution >= 4 is 32.4 Å². The Morgan fingerprint density at radius 1 is 1.33 bits per heavy atom. The zero-order valence-corrected chi connectivity index (χ0v) is 16.0. The Bertz CT molecular complexity index is 955. The van der Waals surface area contributed by atoms with Crippen LogP contribution in [0.4, 0.5) is 9.52 Å². The van der Waals surface area contributed by atoms with Gasteiger partial charge >= 0.3 is 0 Å². The highest BCUT2D eigenvalue weighted by molar-refractivity contribution is 7.90. The lowest BCUT2D eigenvalue weighted by atomic mass is 10.2. The van der Waals surface area contributed by atoms with Gasteiger partial charge in [-0.1, -0.05) is 0 Å². The number of carbonyl (C=O) groups is 1. The van der Waals surface area contributed by atoms with Gasteiger partial charge in [0.15, 0.2) is 11.7 Å². The van der Waals surface area contributed by atoms with Crippen LogP contribution in [0.5, 0.6) is 5.75 Å². The third-order valence-corrected chi connectivity index (χ3v) is 7.77. The quantitative estimate of drug-likeness (QED) is 0.787. The number of benzene rings is 1. The first kappa shape index (κ1) is 18.3. The second-order valence-corrected chi connectivity index (χ2v) is 9.80. The van der Waals surface area contributed by atoms with Crippen LogP contribution in [0.15, 0.2) is 24.3 Å². The lowest BCUT2D eigenvalue weighted by Gasteiger charge is -2.25. The van der Waals surface area contributed by atoms with Gasteiger partial charge in [0.05, 0.1) is 10.9 Å². The number of carbonyl (C=O) groups excluding carboxylic acids is 1. The number of hydrogen-bond acceptors (Lipinski definition) is 6. The van der Waals surface area contributed by atoms with Crippen LogP contribution in [0, 0.1) is 5.82 Å². The summed E-state index contributed by atoms with van der Waals surface area (Å²) in [5.41, 5.74) is 0.831. The average Bonchev–Trinajstić information content (AvgIpc) is 3.42. The molecule has 1 aromatic carbocycles. The Kier molecular flexibility index (Phi) is 4.87. The van der Waals surface area contributed by atoms with E-state index in [1.54, 1.807) is 0 Å². The highest BCUT2D eigenvalue weighted by atomic mass is 32.2. The molecule has 144 valence electrons. The molecule has 0 unspecified atom stereocenters. The molecule has 1 saturated carbocycles. The fraction of sp³-hybridized carbons (Fsp3) is 0.412. The maximum absolute atomic E-state index is 12.9. The van der Waals surface area contributed by atoms with E-state index in [0.717, 1.165) is 23.4 Å². The lowest BCUT2D eigenvalue weighted by Crippen LogP contribution is -2.37. The highest BCUT2D eigenvalue weighted by Gasteiger charge is 2.41. The number of anilines is 1. The lowest BCUT2D eigenvalue weighted by molar-refractivity contribution is -0.118. The van der Waals surface area contributed by atoms with Crippen LogP contribution in [0.2, 0.25) is 0 Å². The van der Waals surface area contributed by atoms with Crippen LogP contribution in [0.1, 0.15) is 23.4 Å². The summed E-state index contributed by atoms with van der Waals surface area (Å²) in [5.74, 6) is -0.364. The van der Waals surface area contributed by atoms with Gasteiger partial charge < -0.3 is 4.74 Å². The predicted octanol–water partition coefficient (Wildman–Crippen LogP) is 2.15. The molecule has 4 rings (SSSR count). The van der Waals surface area contributed by atoms with Crippen LogP contribution in [0.3, 0.4) is 0 Å². The topological polar surface area (TPSA) is 88.6 Å². The van der Waals surface area contributed by atoms with Gasteiger partial charge in [0, 0.05) is 24.4 Å². The summed E-state index contributed by atoms with van der Waals surface area (Å²) in [7, 11) is -3.21. The molecule has 1 N–H and O–H groups in total. The van der Waals surface area contributed by atoms with Gasteiger partial charge in [0.2, 0.25) is 10.0 Å². The molecular weight excluding hydrogens is 393 g/mol. The summed E-state index contributed by atoms with van der Waals surface area (Å²) < 4.78 is 44.4. The maximum atomic E-state index is 12.9. The molecule has 0 bridgehead atoms. The Morgan fingerprint density at radius 2 is 2.07 bits per heavy atom. The fourth-order valence-electron chi connectivity index (χ4n) is 2.85. The maximum Gasteiger partial charge on any atom is 0.264 e. The minimum Gasteiger partial charge on any atom is -0.484 e. The number of ether oxygens (including phenoxy) is 1. The van der Waals surface area contributed by atoms with Crippen molar-refractivity contribution in [3.05, 3.63) is 40.7 Å². The number of fused-ring (bicyclic) bond motifs is 1. The molecule has 0 saturated heterocycles. The zero-order valence-electron chi connectivity index (χ0n) is 14.4. The van der Waals surface area contributed by atoms with Crippen molar-refractivity contribution in [1.82, 2.24) is 9.29 Å². The molecule has 1 fully saturated rings. The number of halogens is 1. The van der Waals surface area contributed by atoms with E-state index in [0.29, 0.717) is 30.4 Å². The van der Waals surface area contributed by atoms with E-state index in [1.165, 1.54) is 39.9 Å². The van der Waals surface area contributed by atoms with E-state index < -0.39 is 10.0 Å². The molecule has 10 heteroatoms. The molecular formula is C17H18FN3O4S2. The van der Waals surface area contributed by atoms with Gasteiger partial charge in [-0.3, -0.25) is 10.1 Å². The third kappa shape index (κ3) is 4.12. The summed E-state index contributed by atoms with van der Waals surface area (Å²) in [6, 6.07) is 5.40. The third-order valence-electron chi connectivity index (χ3n) is 4.43. The number of amides is 1. The minimum atomic E-state index is -3.21.